The van der Waals surface area contributed by atoms with Crippen LogP contribution in [-0.4, -0.2) is 8.42 Å². The lowest BCUT2D eigenvalue weighted by Crippen LogP contribution is -2.09. The maximum absolute atomic E-state index is 13.6. The Morgan fingerprint density at radius 3 is 2.48 bits per heavy atom. The van der Waals surface area contributed by atoms with Crippen molar-refractivity contribution in [2.24, 2.45) is 0 Å². The third-order valence-corrected chi connectivity index (χ3v) is 4.72. The number of nitriles is 1. The van der Waals surface area contributed by atoms with Crippen molar-refractivity contribution in [3.8, 4) is 6.07 Å². The molecule has 0 N–H and O–H groups in total. The summed E-state index contributed by atoms with van der Waals surface area (Å²) in [5.74, 6) is -2.25. The van der Waals surface area contributed by atoms with Crippen LogP contribution in [0, 0.1) is 29.9 Å². The van der Waals surface area contributed by atoms with E-state index in [0.717, 1.165) is 12.1 Å². The summed E-state index contributed by atoms with van der Waals surface area (Å²) in [6.45, 7) is 1.66. The lowest BCUT2D eigenvalue weighted by Gasteiger charge is -2.09. The van der Waals surface area contributed by atoms with Gasteiger partial charge in [-0.1, -0.05) is 6.07 Å². The summed E-state index contributed by atoms with van der Waals surface area (Å²) in [6.07, 6.45) is 0. The lowest BCUT2D eigenvalue weighted by atomic mass is 10.1. The van der Waals surface area contributed by atoms with E-state index in [4.69, 9.17) is 5.26 Å². The van der Waals surface area contributed by atoms with Gasteiger partial charge in [-0.2, -0.15) is 5.26 Å². The first-order valence-corrected chi connectivity index (χ1v) is 7.66. The van der Waals surface area contributed by atoms with Crippen LogP contribution in [-0.2, 0) is 15.6 Å². The summed E-state index contributed by atoms with van der Waals surface area (Å²) >= 11 is 0. The van der Waals surface area contributed by atoms with Crippen molar-refractivity contribution >= 4 is 9.84 Å². The normalized spacial score (nSPS) is 11.1. The van der Waals surface area contributed by atoms with Crippen LogP contribution >= 0.6 is 0 Å². The van der Waals surface area contributed by atoms with Crippen molar-refractivity contribution in [3.05, 3.63) is 64.7 Å². The molecule has 0 aliphatic rings. The first-order valence-electron chi connectivity index (χ1n) is 6.01. The average Bonchev–Trinajstić information content (AvgIpc) is 2.43. The highest BCUT2D eigenvalue weighted by Crippen LogP contribution is 2.22. The Bertz CT molecular complexity index is 839. The molecular formula is C15H11F2NO2S. The molecule has 0 spiro atoms. The minimum atomic E-state index is -4.01. The van der Waals surface area contributed by atoms with Gasteiger partial charge in [-0.25, -0.2) is 17.2 Å². The van der Waals surface area contributed by atoms with E-state index in [-0.39, 0.29) is 0 Å². The quantitative estimate of drug-likeness (QED) is 0.875. The van der Waals surface area contributed by atoms with Gasteiger partial charge in [0, 0.05) is 0 Å². The summed E-state index contributed by atoms with van der Waals surface area (Å²) in [6, 6.07) is 8.80. The Balaban J connectivity index is 2.43. The van der Waals surface area contributed by atoms with E-state index >= 15 is 0 Å². The van der Waals surface area contributed by atoms with Crippen LogP contribution in [0.2, 0.25) is 0 Å². The first-order chi connectivity index (χ1) is 9.83. The third-order valence-electron chi connectivity index (χ3n) is 3.05. The SMILES string of the molecule is Cc1cc(C#N)ccc1CS(=O)(=O)c1cc(F)ccc1F. The molecule has 0 atom stereocenters. The number of nitrogens with zero attached hydrogens (tertiary/aromatic N) is 1. The van der Waals surface area contributed by atoms with Crippen LogP contribution in [0.25, 0.3) is 0 Å². The van der Waals surface area contributed by atoms with E-state index in [0.29, 0.717) is 22.8 Å². The monoisotopic (exact) mass is 307 g/mol. The van der Waals surface area contributed by atoms with Gasteiger partial charge >= 0.3 is 0 Å². The molecule has 0 aromatic heterocycles. The Morgan fingerprint density at radius 1 is 1.14 bits per heavy atom. The van der Waals surface area contributed by atoms with Crippen molar-refractivity contribution < 1.29 is 17.2 Å². The van der Waals surface area contributed by atoms with Gasteiger partial charge in [0.05, 0.1) is 17.4 Å². The second kappa shape index (κ2) is 5.62. The number of hydrogen-bond donors (Lipinski definition) is 0. The van der Waals surface area contributed by atoms with Crippen LogP contribution in [0.1, 0.15) is 16.7 Å². The Morgan fingerprint density at radius 2 is 1.86 bits per heavy atom. The van der Waals surface area contributed by atoms with Crippen LogP contribution in [0.5, 0.6) is 0 Å². The van der Waals surface area contributed by atoms with Gasteiger partial charge in [-0.05, 0) is 48.4 Å². The Kier molecular flexibility index (Phi) is 4.05. The maximum Gasteiger partial charge on any atom is 0.185 e. The molecule has 0 radical (unpaired) electrons. The molecule has 0 heterocycles. The number of hydrogen-bond acceptors (Lipinski definition) is 3. The second-order valence-corrected chi connectivity index (χ2v) is 6.54. The first kappa shape index (κ1) is 15.1. The fraction of sp³-hybridized carbons (Fsp3) is 0.133. The minimum absolute atomic E-state index is 0.408. The van der Waals surface area contributed by atoms with Crippen molar-refractivity contribution in [1.29, 1.82) is 5.26 Å². The van der Waals surface area contributed by atoms with Crippen LogP contribution in [0.3, 0.4) is 0 Å². The zero-order chi connectivity index (χ0) is 15.6. The van der Waals surface area contributed by atoms with Gasteiger partial charge < -0.3 is 0 Å². The number of rotatable bonds is 3. The lowest BCUT2D eigenvalue weighted by molar-refractivity contribution is 0.552. The van der Waals surface area contributed by atoms with Gasteiger partial charge in [0.25, 0.3) is 0 Å². The topological polar surface area (TPSA) is 57.9 Å². The summed E-state index contributed by atoms with van der Waals surface area (Å²) in [4.78, 5) is -0.661. The van der Waals surface area contributed by atoms with Crippen molar-refractivity contribution in [3.63, 3.8) is 0 Å². The molecule has 2 aromatic rings. The molecule has 0 saturated heterocycles. The highest BCUT2D eigenvalue weighted by atomic mass is 32.2. The molecule has 0 amide bonds. The van der Waals surface area contributed by atoms with E-state index in [2.05, 4.69) is 0 Å². The van der Waals surface area contributed by atoms with Crippen LogP contribution in [0.4, 0.5) is 8.78 Å². The molecule has 3 nitrogen and oxygen atoms in total. The van der Waals surface area contributed by atoms with E-state index in [1.54, 1.807) is 13.0 Å². The summed E-state index contributed by atoms with van der Waals surface area (Å²) in [5, 5.41) is 8.77. The highest BCUT2D eigenvalue weighted by molar-refractivity contribution is 7.90. The minimum Gasteiger partial charge on any atom is -0.223 e. The number of sulfone groups is 1. The standard InChI is InChI=1S/C15H11F2NO2S/c1-10-6-11(8-18)2-3-12(10)9-21(19,20)15-7-13(16)4-5-14(15)17/h2-7H,9H2,1H3. The number of halogens is 2. The molecule has 0 saturated carbocycles. The van der Waals surface area contributed by atoms with Gasteiger partial charge in [0.1, 0.15) is 16.5 Å². The molecule has 6 heteroatoms. The Labute approximate surface area is 121 Å². The van der Waals surface area contributed by atoms with E-state index in [9.17, 15) is 17.2 Å². The Hall–Kier alpha value is -2.26. The number of aryl methyl sites for hydroxylation is 1. The molecular weight excluding hydrogens is 296 g/mol. The molecule has 2 rings (SSSR count). The fourth-order valence-electron chi connectivity index (χ4n) is 1.93. The summed E-state index contributed by atoms with van der Waals surface area (Å²) in [7, 11) is -4.01. The molecule has 0 bridgehead atoms. The van der Waals surface area contributed by atoms with Crippen LogP contribution in [0.15, 0.2) is 41.3 Å². The fourth-order valence-corrected chi connectivity index (χ4v) is 3.47. The number of benzene rings is 2. The smallest absolute Gasteiger partial charge is 0.185 e. The van der Waals surface area contributed by atoms with E-state index in [1.165, 1.54) is 12.1 Å². The second-order valence-electron chi connectivity index (χ2n) is 4.59. The van der Waals surface area contributed by atoms with E-state index < -0.39 is 32.1 Å². The van der Waals surface area contributed by atoms with Crippen molar-refractivity contribution in [2.45, 2.75) is 17.6 Å². The third kappa shape index (κ3) is 3.26. The van der Waals surface area contributed by atoms with Gasteiger partial charge in [-0.3, -0.25) is 0 Å². The average molecular weight is 307 g/mol. The maximum atomic E-state index is 13.6. The van der Waals surface area contributed by atoms with Gasteiger partial charge in [-0.15, -0.1) is 0 Å². The molecule has 0 unspecified atom stereocenters. The molecule has 0 aliphatic heterocycles. The molecule has 21 heavy (non-hydrogen) atoms. The largest absolute Gasteiger partial charge is 0.223 e. The molecule has 2 aromatic carbocycles. The van der Waals surface area contributed by atoms with Crippen molar-refractivity contribution in [1.82, 2.24) is 0 Å². The van der Waals surface area contributed by atoms with Gasteiger partial charge in [0.15, 0.2) is 9.84 Å². The molecule has 108 valence electrons. The predicted molar refractivity (Wildman–Crippen MR) is 73.1 cm³/mol. The molecule has 0 aliphatic carbocycles. The zero-order valence-electron chi connectivity index (χ0n) is 11.1. The van der Waals surface area contributed by atoms with E-state index in [1.807, 2.05) is 6.07 Å². The zero-order valence-corrected chi connectivity index (χ0v) is 11.9. The highest BCUT2D eigenvalue weighted by Gasteiger charge is 2.21. The molecule has 0 fully saturated rings. The summed E-state index contributed by atoms with van der Waals surface area (Å²) in [5.41, 5.74) is 1.46. The predicted octanol–water partition coefficient (Wildman–Crippen LogP) is 3.12. The van der Waals surface area contributed by atoms with Crippen molar-refractivity contribution in [2.75, 3.05) is 0 Å². The van der Waals surface area contributed by atoms with Crippen LogP contribution < -0.4 is 0 Å². The summed E-state index contributed by atoms with van der Waals surface area (Å²) < 4.78 is 51.1. The van der Waals surface area contributed by atoms with Gasteiger partial charge in [0.2, 0.25) is 0 Å².